The molecule has 0 saturated carbocycles. The average molecular weight is 433 g/mol. The minimum Gasteiger partial charge on any atom is -0.482 e. The Labute approximate surface area is 176 Å². The molecule has 2 aliphatic rings. The first-order valence-corrected chi connectivity index (χ1v) is 9.73. The van der Waals surface area contributed by atoms with Gasteiger partial charge in [0.05, 0.1) is 5.69 Å². The normalized spacial score (nSPS) is 20.6. The fraction of sp³-hybridized carbons (Fsp3) is 0.286. The summed E-state index contributed by atoms with van der Waals surface area (Å²) in [5.74, 6) is -1.73. The van der Waals surface area contributed by atoms with Gasteiger partial charge in [0.15, 0.2) is 12.4 Å². The highest BCUT2D eigenvalue weighted by Gasteiger charge is 2.50. The van der Waals surface area contributed by atoms with Crippen molar-refractivity contribution in [2.45, 2.75) is 24.9 Å². The Bertz CT molecular complexity index is 1040. The zero-order chi connectivity index (χ0) is 21.5. The molecule has 0 aliphatic carbocycles. The van der Waals surface area contributed by atoms with Gasteiger partial charge >= 0.3 is 0 Å². The summed E-state index contributed by atoms with van der Waals surface area (Å²) in [5.41, 5.74) is -0.687. The van der Waals surface area contributed by atoms with Crippen molar-refractivity contribution in [3.05, 3.63) is 52.8 Å². The average Bonchev–Trinajstić information content (AvgIpc) is 3.01. The van der Waals surface area contributed by atoms with E-state index in [1.165, 1.54) is 17.0 Å². The van der Waals surface area contributed by atoms with Crippen LogP contribution in [-0.4, -0.2) is 41.5 Å². The Balaban J connectivity index is 1.47. The highest BCUT2D eigenvalue weighted by molar-refractivity contribution is 6.30. The van der Waals surface area contributed by atoms with Crippen LogP contribution in [0.15, 0.2) is 36.4 Å². The van der Waals surface area contributed by atoms with Gasteiger partial charge in [0.25, 0.3) is 11.8 Å². The molecule has 30 heavy (non-hydrogen) atoms. The number of Topliss-reactive ketones (excluding diaryl/α,β-unsaturated/α-hetero) is 1. The minimum atomic E-state index is -2.14. The van der Waals surface area contributed by atoms with E-state index in [1.807, 2.05) is 0 Å². The van der Waals surface area contributed by atoms with Crippen LogP contribution in [0.2, 0.25) is 5.02 Å². The Hall–Kier alpha value is -2.97. The molecule has 0 spiro atoms. The predicted molar refractivity (Wildman–Crippen MR) is 107 cm³/mol. The number of anilines is 2. The van der Waals surface area contributed by atoms with E-state index in [0.29, 0.717) is 22.7 Å². The first-order chi connectivity index (χ1) is 14.3. The number of hydrogen-bond donors (Lipinski definition) is 2. The van der Waals surface area contributed by atoms with Crippen LogP contribution in [0, 0.1) is 5.82 Å². The molecule has 4 rings (SSSR count). The van der Waals surface area contributed by atoms with Gasteiger partial charge in [-0.3, -0.25) is 14.4 Å². The van der Waals surface area contributed by atoms with Crippen molar-refractivity contribution >= 4 is 40.6 Å². The molecular weight excluding hydrogens is 415 g/mol. The molecule has 0 radical (unpaired) electrons. The van der Waals surface area contributed by atoms with E-state index in [1.54, 1.807) is 18.2 Å². The third kappa shape index (κ3) is 3.76. The van der Waals surface area contributed by atoms with E-state index < -0.39 is 23.1 Å². The van der Waals surface area contributed by atoms with Crippen molar-refractivity contribution in [3.8, 4) is 5.75 Å². The lowest BCUT2D eigenvalue weighted by molar-refractivity contribution is -0.147. The molecule has 7 nitrogen and oxygen atoms in total. The summed E-state index contributed by atoms with van der Waals surface area (Å²) >= 11 is 5.82. The van der Waals surface area contributed by atoms with Crippen molar-refractivity contribution in [3.63, 3.8) is 0 Å². The summed E-state index contributed by atoms with van der Waals surface area (Å²) in [5, 5.41) is 13.7. The second-order valence-electron chi connectivity index (χ2n) is 7.29. The van der Waals surface area contributed by atoms with Crippen LogP contribution in [0.1, 0.15) is 18.4 Å². The second kappa shape index (κ2) is 7.70. The molecule has 0 bridgehead atoms. The summed E-state index contributed by atoms with van der Waals surface area (Å²) in [6.45, 7) is 0.0228. The van der Waals surface area contributed by atoms with Crippen LogP contribution >= 0.6 is 11.6 Å². The van der Waals surface area contributed by atoms with Crippen molar-refractivity contribution in [1.82, 2.24) is 0 Å². The number of fused-ring (bicyclic) bond motifs is 1. The Morgan fingerprint density at radius 3 is 2.83 bits per heavy atom. The number of ether oxygens (including phenoxy) is 1. The van der Waals surface area contributed by atoms with Gasteiger partial charge in [-0.1, -0.05) is 11.6 Å². The fourth-order valence-electron chi connectivity index (χ4n) is 3.66. The summed E-state index contributed by atoms with van der Waals surface area (Å²) in [6.07, 6.45) is -0.0310. The molecule has 2 aliphatic heterocycles. The lowest BCUT2D eigenvalue weighted by Gasteiger charge is -2.23. The predicted octanol–water partition coefficient (Wildman–Crippen LogP) is 2.48. The molecule has 2 amide bonds. The Kier molecular flexibility index (Phi) is 5.21. The van der Waals surface area contributed by atoms with E-state index >= 15 is 0 Å². The number of benzene rings is 2. The SMILES string of the molecule is O=C1COc2cc(N3CC[C@@](O)(C(=O)CCc4cc(F)cc(Cl)c4)C3=O)ccc2N1. The van der Waals surface area contributed by atoms with Gasteiger partial charge in [-0.15, -0.1) is 0 Å². The monoisotopic (exact) mass is 432 g/mol. The quantitative estimate of drug-likeness (QED) is 0.708. The van der Waals surface area contributed by atoms with Gasteiger partial charge in [0.1, 0.15) is 11.6 Å². The van der Waals surface area contributed by atoms with Crippen LogP contribution in [0.5, 0.6) is 5.75 Å². The molecule has 2 heterocycles. The Morgan fingerprint density at radius 1 is 1.27 bits per heavy atom. The van der Waals surface area contributed by atoms with Crippen LogP contribution in [0.4, 0.5) is 15.8 Å². The number of aliphatic hydroxyl groups is 1. The van der Waals surface area contributed by atoms with Crippen LogP contribution in [0.25, 0.3) is 0 Å². The van der Waals surface area contributed by atoms with E-state index in [-0.39, 0.29) is 43.3 Å². The molecular formula is C21H18ClFN2O5. The zero-order valence-electron chi connectivity index (χ0n) is 15.8. The standard InChI is InChI=1S/C21H18ClFN2O5/c22-13-7-12(8-14(23)9-13)1-4-18(26)21(29)5-6-25(20(21)28)15-2-3-16-17(10-15)30-11-19(27)24-16/h2-3,7-10,29H,1,4-6,11H2,(H,24,27)/t21-/m1/s1. The molecule has 0 aromatic heterocycles. The number of hydrogen-bond acceptors (Lipinski definition) is 5. The first-order valence-electron chi connectivity index (χ1n) is 9.35. The smallest absolute Gasteiger partial charge is 0.266 e. The third-order valence-electron chi connectivity index (χ3n) is 5.23. The van der Waals surface area contributed by atoms with Crippen molar-refractivity contribution in [2.75, 3.05) is 23.4 Å². The number of ketones is 1. The number of carbonyl (C=O) groups excluding carboxylic acids is 3. The van der Waals surface area contributed by atoms with Gasteiger partial charge < -0.3 is 20.1 Å². The molecule has 9 heteroatoms. The minimum absolute atomic E-state index is 0.0523. The highest BCUT2D eigenvalue weighted by atomic mass is 35.5. The topological polar surface area (TPSA) is 95.9 Å². The first kappa shape index (κ1) is 20.3. The Morgan fingerprint density at radius 2 is 2.07 bits per heavy atom. The lowest BCUT2D eigenvalue weighted by atomic mass is 9.92. The molecule has 2 N–H and O–H groups in total. The van der Waals surface area contributed by atoms with E-state index in [2.05, 4.69) is 5.32 Å². The fourth-order valence-corrected chi connectivity index (χ4v) is 3.91. The van der Waals surface area contributed by atoms with Gasteiger partial charge in [-0.25, -0.2) is 4.39 Å². The number of nitrogens with zero attached hydrogens (tertiary/aromatic N) is 1. The molecule has 1 fully saturated rings. The second-order valence-corrected chi connectivity index (χ2v) is 7.72. The van der Waals surface area contributed by atoms with Crippen LogP contribution in [-0.2, 0) is 20.8 Å². The third-order valence-corrected chi connectivity index (χ3v) is 5.45. The summed E-state index contributed by atoms with van der Waals surface area (Å²) < 4.78 is 18.8. The number of nitrogens with one attached hydrogen (secondary N) is 1. The number of aryl methyl sites for hydroxylation is 1. The number of rotatable bonds is 5. The summed E-state index contributed by atoms with van der Waals surface area (Å²) in [7, 11) is 0. The number of amides is 2. The van der Waals surface area contributed by atoms with Crippen LogP contribution in [0.3, 0.4) is 0 Å². The maximum absolute atomic E-state index is 13.5. The number of carbonyl (C=O) groups is 3. The molecule has 2 aromatic carbocycles. The molecule has 1 atom stereocenters. The molecule has 156 valence electrons. The molecule has 0 unspecified atom stereocenters. The summed E-state index contributed by atoms with van der Waals surface area (Å²) in [4.78, 5) is 38.2. The van der Waals surface area contributed by atoms with Gasteiger partial charge in [0.2, 0.25) is 5.60 Å². The molecule has 1 saturated heterocycles. The van der Waals surface area contributed by atoms with Gasteiger partial charge in [-0.2, -0.15) is 0 Å². The maximum Gasteiger partial charge on any atom is 0.266 e. The lowest BCUT2D eigenvalue weighted by Crippen LogP contribution is -2.47. The summed E-state index contributed by atoms with van der Waals surface area (Å²) in [6, 6.07) is 8.75. The van der Waals surface area contributed by atoms with Crippen molar-refractivity contribution in [1.29, 1.82) is 0 Å². The van der Waals surface area contributed by atoms with Gasteiger partial charge in [-0.05, 0) is 42.3 Å². The van der Waals surface area contributed by atoms with Gasteiger partial charge in [0, 0.05) is 36.2 Å². The van der Waals surface area contributed by atoms with E-state index in [0.717, 1.165) is 6.07 Å². The zero-order valence-corrected chi connectivity index (χ0v) is 16.5. The largest absolute Gasteiger partial charge is 0.482 e. The molecule has 2 aromatic rings. The highest BCUT2D eigenvalue weighted by Crippen LogP contribution is 2.36. The van der Waals surface area contributed by atoms with Crippen LogP contribution < -0.4 is 15.0 Å². The maximum atomic E-state index is 13.5. The van der Waals surface area contributed by atoms with Crippen molar-refractivity contribution in [2.24, 2.45) is 0 Å². The number of halogens is 2. The van der Waals surface area contributed by atoms with E-state index in [4.69, 9.17) is 16.3 Å². The van der Waals surface area contributed by atoms with E-state index in [9.17, 15) is 23.9 Å². The van der Waals surface area contributed by atoms with Crippen molar-refractivity contribution < 1.29 is 28.6 Å².